The summed E-state index contributed by atoms with van der Waals surface area (Å²) in [7, 11) is 4.38. The first-order chi connectivity index (χ1) is 22.2. The van der Waals surface area contributed by atoms with Crippen molar-refractivity contribution in [2.45, 2.75) is 19.6 Å². The SMILES string of the molecule is COC(=O)C1=C(C)N=c2s/c(=C\c3cc(Br)c(OCc4cccc5ccccc45)c(OC)c3)c(=O)n2[C@H]1c1cc(Cl)ccc1OC. The van der Waals surface area contributed by atoms with E-state index < -0.39 is 12.0 Å². The van der Waals surface area contributed by atoms with E-state index in [9.17, 15) is 9.59 Å². The maximum absolute atomic E-state index is 14.1. The minimum Gasteiger partial charge on any atom is -0.496 e. The fourth-order valence-electron chi connectivity index (χ4n) is 5.59. The van der Waals surface area contributed by atoms with E-state index in [1.165, 1.54) is 30.1 Å². The molecule has 8 nitrogen and oxygen atoms in total. The molecule has 0 fully saturated rings. The minimum atomic E-state index is -0.870. The van der Waals surface area contributed by atoms with E-state index in [2.05, 4.69) is 39.1 Å². The summed E-state index contributed by atoms with van der Waals surface area (Å²) < 4.78 is 25.3. The molecule has 234 valence electrons. The van der Waals surface area contributed by atoms with Gasteiger partial charge in [-0.3, -0.25) is 9.36 Å². The van der Waals surface area contributed by atoms with Crippen LogP contribution < -0.4 is 29.1 Å². The van der Waals surface area contributed by atoms with Gasteiger partial charge in [0.25, 0.3) is 5.56 Å². The van der Waals surface area contributed by atoms with Crippen LogP contribution in [-0.4, -0.2) is 31.9 Å². The number of hydrogen-bond acceptors (Lipinski definition) is 8. The molecule has 5 aromatic rings. The maximum atomic E-state index is 14.1. The predicted molar refractivity (Wildman–Crippen MR) is 183 cm³/mol. The number of allylic oxidation sites excluding steroid dienone is 1. The second-order valence-corrected chi connectivity index (χ2v) is 12.7. The van der Waals surface area contributed by atoms with Gasteiger partial charge in [0.2, 0.25) is 0 Å². The van der Waals surface area contributed by atoms with Crippen LogP contribution in [0.2, 0.25) is 5.02 Å². The lowest BCUT2D eigenvalue weighted by atomic mass is 9.95. The molecule has 2 heterocycles. The minimum absolute atomic E-state index is 0.221. The van der Waals surface area contributed by atoms with Crippen molar-refractivity contribution in [2.75, 3.05) is 21.3 Å². The number of fused-ring (bicyclic) bond motifs is 2. The maximum Gasteiger partial charge on any atom is 0.338 e. The number of methoxy groups -OCH3 is 3. The molecule has 0 saturated heterocycles. The Balaban J connectivity index is 1.42. The van der Waals surface area contributed by atoms with Gasteiger partial charge in [0.1, 0.15) is 18.4 Å². The summed E-state index contributed by atoms with van der Waals surface area (Å²) in [5, 5.41) is 2.68. The van der Waals surface area contributed by atoms with Crippen LogP contribution in [0.5, 0.6) is 17.2 Å². The molecule has 11 heteroatoms. The number of esters is 1. The Morgan fingerprint density at radius 1 is 1.02 bits per heavy atom. The number of rotatable bonds is 8. The zero-order valence-electron chi connectivity index (χ0n) is 25.3. The van der Waals surface area contributed by atoms with Crippen molar-refractivity contribution in [3.05, 3.63) is 130 Å². The van der Waals surface area contributed by atoms with Crippen LogP contribution in [0.1, 0.15) is 29.7 Å². The molecule has 1 atom stereocenters. The van der Waals surface area contributed by atoms with E-state index in [0.29, 0.717) is 59.5 Å². The van der Waals surface area contributed by atoms with E-state index in [1.54, 1.807) is 38.3 Å². The van der Waals surface area contributed by atoms with Crippen LogP contribution in [0.15, 0.2) is 98.3 Å². The number of ether oxygens (including phenoxy) is 4. The van der Waals surface area contributed by atoms with Crippen molar-refractivity contribution in [1.82, 2.24) is 4.57 Å². The normalized spacial score (nSPS) is 14.6. The zero-order valence-corrected chi connectivity index (χ0v) is 28.5. The molecule has 1 aromatic heterocycles. The van der Waals surface area contributed by atoms with Crippen LogP contribution >= 0.6 is 38.9 Å². The number of thiazole rings is 1. The quantitative estimate of drug-likeness (QED) is 0.169. The van der Waals surface area contributed by atoms with Gasteiger partial charge in [-0.15, -0.1) is 0 Å². The first-order valence-electron chi connectivity index (χ1n) is 14.1. The Bertz CT molecular complexity index is 2220. The van der Waals surface area contributed by atoms with Gasteiger partial charge in [0.05, 0.1) is 41.6 Å². The van der Waals surface area contributed by atoms with E-state index in [-0.39, 0.29) is 11.1 Å². The number of halogens is 2. The van der Waals surface area contributed by atoms with Gasteiger partial charge >= 0.3 is 5.97 Å². The number of aromatic nitrogens is 1. The molecule has 4 aromatic carbocycles. The number of nitrogens with zero attached hydrogens (tertiary/aromatic N) is 2. The number of hydrogen-bond donors (Lipinski definition) is 0. The topological polar surface area (TPSA) is 88.4 Å². The molecule has 1 aliphatic rings. The number of carbonyl (C=O) groups is 1. The Morgan fingerprint density at radius 2 is 1.78 bits per heavy atom. The predicted octanol–water partition coefficient (Wildman–Crippen LogP) is 6.57. The highest BCUT2D eigenvalue weighted by Gasteiger charge is 2.35. The van der Waals surface area contributed by atoms with Gasteiger partial charge in [-0.1, -0.05) is 65.4 Å². The Hall–Kier alpha value is -4.38. The highest BCUT2D eigenvalue weighted by molar-refractivity contribution is 9.10. The first kappa shape index (κ1) is 31.6. The summed E-state index contributed by atoms with van der Waals surface area (Å²) in [4.78, 5) is 32.2. The molecule has 0 aliphatic carbocycles. The highest BCUT2D eigenvalue weighted by atomic mass is 79.9. The molecule has 0 spiro atoms. The lowest BCUT2D eigenvalue weighted by Gasteiger charge is -2.25. The van der Waals surface area contributed by atoms with Crippen LogP contribution in [0.4, 0.5) is 0 Å². The summed E-state index contributed by atoms with van der Waals surface area (Å²) in [6.07, 6.45) is 1.76. The highest BCUT2D eigenvalue weighted by Crippen LogP contribution is 2.39. The van der Waals surface area contributed by atoms with Crippen LogP contribution in [0.3, 0.4) is 0 Å². The molecule has 0 bridgehead atoms. The van der Waals surface area contributed by atoms with Gasteiger partial charge in [-0.05, 0) is 81.2 Å². The van der Waals surface area contributed by atoms with Crippen molar-refractivity contribution in [1.29, 1.82) is 0 Å². The van der Waals surface area contributed by atoms with Crippen molar-refractivity contribution >= 4 is 61.7 Å². The fraction of sp³-hybridized carbons (Fsp3) is 0.171. The molecule has 46 heavy (non-hydrogen) atoms. The van der Waals surface area contributed by atoms with E-state index in [0.717, 1.165) is 16.3 Å². The lowest BCUT2D eigenvalue weighted by molar-refractivity contribution is -0.136. The van der Waals surface area contributed by atoms with E-state index in [1.807, 2.05) is 36.4 Å². The zero-order chi connectivity index (χ0) is 32.5. The smallest absolute Gasteiger partial charge is 0.338 e. The van der Waals surface area contributed by atoms with Crippen molar-refractivity contribution < 1.29 is 23.7 Å². The molecule has 0 N–H and O–H groups in total. The number of carbonyl (C=O) groups excluding carboxylic acids is 1. The summed E-state index contributed by atoms with van der Waals surface area (Å²) >= 11 is 11.2. The van der Waals surface area contributed by atoms with E-state index >= 15 is 0 Å². The third-order valence-electron chi connectivity index (χ3n) is 7.71. The number of benzene rings is 4. The second kappa shape index (κ2) is 13.2. The van der Waals surface area contributed by atoms with Gasteiger partial charge in [0.15, 0.2) is 16.3 Å². The molecular weight excluding hydrogens is 692 g/mol. The molecule has 0 amide bonds. The Morgan fingerprint density at radius 3 is 2.54 bits per heavy atom. The van der Waals surface area contributed by atoms with Crippen LogP contribution in [0, 0.1) is 0 Å². The molecule has 6 rings (SSSR count). The molecule has 0 saturated carbocycles. The lowest BCUT2D eigenvalue weighted by Crippen LogP contribution is -2.40. The third kappa shape index (κ3) is 5.84. The monoisotopic (exact) mass is 718 g/mol. The summed E-state index contributed by atoms with van der Waals surface area (Å²) in [6, 6.07) is 22.1. The average Bonchev–Trinajstić information content (AvgIpc) is 3.36. The molecule has 0 radical (unpaired) electrons. The molecular formula is C35H28BrClN2O6S. The Labute approximate surface area is 281 Å². The fourth-order valence-corrected chi connectivity index (χ4v) is 7.39. The van der Waals surface area contributed by atoms with Gasteiger partial charge in [-0.25, -0.2) is 9.79 Å². The standard InChI is InChI=1S/C35H28BrClN2O6S/c1-19-30(34(41)44-4)31(25-17-23(37)12-13-27(25)42-2)39-33(40)29(46-35(39)38-19)16-20-14-26(36)32(28(15-20)43-3)45-18-22-10-7-9-21-8-5-6-11-24(21)22/h5-17,31H,18H2,1-4H3/b29-16-/t31-/m0/s1. The average molecular weight is 720 g/mol. The van der Waals surface area contributed by atoms with Gasteiger partial charge < -0.3 is 18.9 Å². The van der Waals surface area contributed by atoms with Crippen molar-refractivity contribution in [3.63, 3.8) is 0 Å². The van der Waals surface area contributed by atoms with Crippen LogP contribution in [0.25, 0.3) is 16.8 Å². The summed E-state index contributed by atoms with van der Waals surface area (Å²) in [6.45, 7) is 2.05. The van der Waals surface area contributed by atoms with E-state index in [4.69, 9.17) is 30.5 Å². The Kier molecular flexibility index (Phi) is 9.04. The van der Waals surface area contributed by atoms with Crippen molar-refractivity contribution in [3.8, 4) is 17.2 Å². The third-order valence-corrected chi connectivity index (χ3v) is 9.52. The summed E-state index contributed by atoms with van der Waals surface area (Å²) in [5.74, 6) is 0.905. The summed E-state index contributed by atoms with van der Waals surface area (Å²) in [5.41, 5.74) is 2.60. The molecule has 0 unspecified atom stereocenters. The largest absolute Gasteiger partial charge is 0.496 e. The van der Waals surface area contributed by atoms with Crippen LogP contribution in [-0.2, 0) is 16.1 Å². The first-order valence-corrected chi connectivity index (χ1v) is 16.1. The molecule has 1 aliphatic heterocycles. The van der Waals surface area contributed by atoms with Gasteiger partial charge in [0, 0.05) is 10.6 Å². The van der Waals surface area contributed by atoms with Crippen molar-refractivity contribution in [2.24, 2.45) is 4.99 Å². The second-order valence-electron chi connectivity index (χ2n) is 10.4. The van der Waals surface area contributed by atoms with Gasteiger partial charge in [-0.2, -0.15) is 0 Å².